The molecule has 0 amide bonds. The van der Waals surface area contributed by atoms with E-state index in [1.807, 2.05) is 0 Å². The van der Waals surface area contributed by atoms with Crippen molar-refractivity contribution in [2.75, 3.05) is 7.11 Å². The van der Waals surface area contributed by atoms with Gasteiger partial charge in [0.2, 0.25) is 0 Å². The maximum atomic E-state index is 6.11. The molecule has 2 rings (SSSR count). The molecule has 0 heterocycles. The number of nitrogens with two attached hydrogens (primary N) is 1. The largest absolute Gasteiger partial charge is 0.380 e. The fraction of sp³-hybridized carbons (Fsp3) is 1.00. The van der Waals surface area contributed by atoms with Crippen molar-refractivity contribution in [3.05, 3.63) is 0 Å². The Kier molecular flexibility index (Phi) is 3.13. The molecule has 2 aliphatic carbocycles. The van der Waals surface area contributed by atoms with Crippen molar-refractivity contribution in [2.24, 2.45) is 23.5 Å². The Labute approximate surface area is 87.2 Å². The van der Waals surface area contributed by atoms with E-state index in [-0.39, 0.29) is 12.1 Å². The summed E-state index contributed by atoms with van der Waals surface area (Å²) in [7, 11) is 1.76. The highest BCUT2D eigenvalue weighted by Crippen LogP contribution is 2.49. The summed E-state index contributed by atoms with van der Waals surface area (Å²) >= 11 is 0. The molecule has 0 aromatic carbocycles. The van der Waals surface area contributed by atoms with Crippen LogP contribution in [-0.2, 0) is 4.74 Å². The molecule has 0 aromatic heterocycles. The smallest absolute Gasteiger partial charge is 0.0694 e. The third-order valence-electron chi connectivity index (χ3n) is 4.43. The summed E-state index contributed by atoms with van der Waals surface area (Å²) in [6, 6.07) is 0.240. The average molecular weight is 197 g/mol. The van der Waals surface area contributed by atoms with Crippen molar-refractivity contribution in [3.8, 4) is 0 Å². The molecule has 2 bridgehead atoms. The van der Waals surface area contributed by atoms with Gasteiger partial charge in [0.25, 0.3) is 0 Å². The number of ether oxygens (including phenoxy) is 1. The SMILES string of the molecule is COC(C)C(N)CC1CC2CCC1C2. The van der Waals surface area contributed by atoms with E-state index in [1.54, 1.807) is 7.11 Å². The van der Waals surface area contributed by atoms with Gasteiger partial charge in [0, 0.05) is 13.2 Å². The molecule has 0 aromatic rings. The summed E-state index contributed by atoms with van der Waals surface area (Å²) in [6.07, 6.45) is 7.26. The Morgan fingerprint density at radius 3 is 2.64 bits per heavy atom. The molecule has 2 saturated carbocycles. The predicted octanol–water partition coefficient (Wildman–Crippen LogP) is 2.17. The van der Waals surface area contributed by atoms with Crippen molar-refractivity contribution in [2.45, 2.75) is 51.2 Å². The number of rotatable bonds is 4. The first-order valence-electron chi connectivity index (χ1n) is 5.99. The summed E-state index contributed by atoms with van der Waals surface area (Å²) < 4.78 is 5.28. The third kappa shape index (κ3) is 1.96. The van der Waals surface area contributed by atoms with Crippen LogP contribution in [-0.4, -0.2) is 19.3 Å². The lowest BCUT2D eigenvalue weighted by Gasteiger charge is -2.27. The van der Waals surface area contributed by atoms with Crippen LogP contribution in [0.5, 0.6) is 0 Å². The molecule has 5 unspecified atom stereocenters. The Bertz CT molecular complexity index is 195. The van der Waals surface area contributed by atoms with Crippen LogP contribution in [0.1, 0.15) is 39.0 Å². The zero-order valence-corrected chi connectivity index (χ0v) is 9.41. The van der Waals surface area contributed by atoms with Crippen LogP contribution in [0, 0.1) is 17.8 Å². The summed E-state index contributed by atoms with van der Waals surface area (Å²) in [4.78, 5) is 0. The van der Waals surface area contributed by atoms with Gasteiger partial charge in [-0.1, -0.05) is 6.42 Å². The van der Waals surface area contributed by atoms with Crippen LogP contribution in [0.2, 0.25) is 0 Å². The van der Waals surface area contributed by atoms with Gasteiger partial charge >= 0.3 is 0 Å². The van der Waals surface area contributed by atoms with Gasteiger partial charge in [-0.05, 0) is 50.4 Å². The minimum absolute atomic E-state index is 0.217. The van der Waals surface area contributed by atoms with Crippen molar-refractivity contribution >= 4 is 0 Å². The van der Waals surface area contributed by atoms with Crippen LogP contribution in [0.25, 0.3) is 0 Å². The quantitative estimate of drug-likeness (QED) is 0.749. The van der Waals surface area contributed by atoms with Crippen molar-refractivity contribution in [3.63, 3.8) is 0 Å². The van der Waals surface area contributed by atoms with Gasteiger partial charge < -0.3 is 10.5 Å². The van der Waals surface area contributed by atoms with Crippen LogP contribution < -0.4 is 5.73 Å². The van der Waals surface area contributed by atoms with Crippen LogP contribution in [0.15, 0.2) is 0 Å². The number of hydrogen-bond donors (Lipinski definition) is 1. The maximum absolute atomic E-state index is 6.11. The topological polar surface area (TPSA) is 35.2 Å². The third-order valence-corrected chi connectivity index (χ3v) is 4.43. The highest BCUT2D eigenvalue weighted by Gasteiger charge is 2.40. The van der Waals surface area contributed by atoms with Gasteiger partial charge in [-0.15, -0.1) is 0 Å². The van der Waals surface area contributed by atoms with Crippen molar-refractivity contribution < 1.29 is 4.74 Å². The van der Waals surface area contributed by atoms with Crippen molar-refractivity contribution in [1.82, 2.24) is 0 Å². The summed E-state index contributed by atoms with van der Waals surface area (Å²) in [6.45, 7) is 2.08. The maximum Gasteiger partial charge on any atom is 0.0694 e. The molecule has 0 aliphatic heterocycles. The van der Waals surface area contributed by atoms with E-state index >= 15 is 0 Å². The minimum Gasteiger partial charge on any atom is -0.380 e. The summed E-state index contributed by atoms with van der Waals surface area (Å²) in [5, 5.41) is 0. The molecular weight excluding hydrogens is 174 g/mol. The molecule has 0 saturated heterocycles. The zero-order chi connectivity index (χ0) is 10.1. The van der Waals surface area contributed by atoms with Crippen molar-refractivity contribution in [1.29, 1.82) is 0 Å². The second-order valence-corrected chi connectivity index (χ2v) is 5.28. The van der Waals surface area contributed by atoms with E-state index in [1.165, 1.54) is 32.1 Å². The molecule has 2 N–H and O–H groups in total. The molecule has 0 spiro atoms. The van der Waals surface area contributed by atoms with Gasteiger partial charge in [-0.25, -0.2) is 0 Å². The lowest BCUT2D eigenvalue weighted by Crippen LogP contribution is -2.36. The van der Waals surface area contributed by atoms with Crippen LogP contribution >= 0.6 is 0 Å². The van der Waals surface area contributed by atoms with Gasteiger partial charge in [-0.2, -0.15) is 0 Å². The van der Waals surface area contributed by atoms with Crippen LogP contribution in [0.4, 0.5) is 0 Å². The van der Waals surface area contributed by atoms with E-state index in [9.17, 15) is 0 Å². The Morgan fingerprint density at radius 2 is 2.14 bits per heavy atom. The lowest BCUT2D eigenvalue weighted by atomic mass is 9.83. The molecule has 2 nitrogen and oxygen atoms in total. The predicted molar refractivity (Wildman–Crippen MR) is 58.0 cm³/mol. The fourth-order valence-electron chi connectivity index (χ4n) is 3.38. The Morgan fingerprint density at radius 1 is 1.36 bits per heavy atom. The van der Waals surface area contributed by atoms with E-state index in [4.69, 9.17) is 10.5 Å². The lowest BCUT2D eigenvalue weighted by molar-refractivity contribution is 0.0830. The number of methoxy groups -OCH3 is 1. The first kappa shape index (κ1) is 10.4. The zero-order valence-electron chi connectivity index (χ0n) is 9.41. The first-order chi connectivity index (χ1) is 6.70. The summed E-state index contributed by atoms with van der Waals surface area (Å²) in [5.74, 6) is 2.94. The molecule has 2 heteroatoms. The van der Waals surface area contributed by atoms with Gasteiger partial charge in [-0.3, -0.25) is 0 Å². The molecule has 0 radical (unpaired) electrons. The normalized spacial score (nSPS) is 40.1. The second-order valence-electron chi connectivity index (χ2n) is 5.28. The minimum atomic E-state index is 0.217. The summed E-state index contributed by atoms with van der Waals surface area (Å²) in [5.41, 5.74) is 6.11. The van der Waals surface area contributed by atoms with Gasteiger partial charge in [0.1, 0.15) is 0 Å². The standard InChI is InChI=1S/C12H23NO/c1-8(14-2)12(13)7-11-6-9-3-4-10(11)5-9/h8-12H,3-7,13H2,1-2H3. The molecule has 14 heavy (non-hydrogen) atoms. The first-order valence-corrected chi connectivity index (χ1v) is 5.99. The Balaban J connectivity index is 1.80. The number of fused-ring (bicyclic) bond motifs is 2. The highest BCUT2D eigenvalue weighted by atomic mass is 16.5. The van der Waals surface area contributed by atoms with E-state index in [0.29, 0.717) is 0 Å². The molecule has 2 fully saturated rings. The average Bonchev–Trinajstić information content (AvgIpc) is 2.77. The van der Waals surface area contributed by atoms with E-state index in [0.717, 1.165) is 17.8 Å². The Hall–Kier alpha value is -0.0800. The second kappa shape index (κ2) is 4.19. The van der Waals surface area contributed by atoms with E-state index < -0.39 is 0 Å². The monoisotopic (exact) mass is 197 g/mol. The molecule has 5 atom stereocenters. The van der Waals surface area contributed by atoms with Gasteiger partial charge in [0.15, 0.2) is 0 Å². The molecular formula is C12H23NO. The fourth-order valence-corrected chi connectivity index (χ4v) is 3.38. The molecule has 2 aliphatic rings. The number of hydrogen-bond acceptors (Lipinski definition) is 2. The highest BCUT2D eigenvalue weighted by molar-refractivity contribution is 4.91. The van der Waals surface area contributed by atoms with Crippen LogP contribution in [0.3, 0.4) is 0 Å². The van der Waals surface area contributed by atoms with E-state index in [2.05, 4.69) is 6.92 Å². The van der Waals surface area contributed by atoms with Gasteiger partial charge in [0.05, 0.1) is 6.10 Å². The molecule has 82 valence electrons.